The van der Waals surface area contributed by atoms with E-state index in [0.717, 1.165) is 61.1 Å². The standard InChI is InChI=1S/C53H34N2O/c1-3-13-38(14-4-1)52-54-48(36-25-23-35(24-26-36)39-29-32-45-44-19-9-12-22-50(44)56-51(45)33-39)34-49(55-52)37-27-30-41(31-28-37)53(40-15-5-2-6-16-40)46-20-10-7-17-42(46)43-18-8-11-21-47(43)53/h1-34H. The van der Waals surface area contributed by atoms with Crippen LogP contribution in [0, 0.1) is 0 Å². The van der Waals surface area contributed by atoms with Crippen molar-refractivity contribution in [3.8, 4) is 56.2 Å². The molecule has 0 fully saturated rings. The first-order valence-electron chi connectivity index (χ1n) is 19.1. The van der Waals surface area contributed by atoms with Crippen molar-refractivity contribution in [3.63, 3.8) is 0 Å². The Hall–Kier alpha value is -7.36. The predicted molar refractivity (Wildman–Crippen MR) is 228 cm³/mol. The monoisotopic (exact) mass is 714 g/mol. The number of nitrogens with zero attached hydrogens (tertiary/aromatic N) is 2. The molecule has 0 unspecified atom stereocenters. The second kappa shape index (κ2) is 12.9. The summed E-state index contributed by atoms with van der Waals surface area (Å²) in [4.78, 5) is 10.3. The zero-order valence-corrected chi connectivity index (χ0v) is 30.4. The fraction of sp³-hybridized carbons (Fsp3) is 0.0189. The molecule has 2 heterocycles. The van der Waals surface area contributed by atoms with Gasteiger partial charge in [-0.15, -0.1) is 0 Å². The van der Waals surface area contributed by atoms with Crippen LogP contribution in [0.4, 0.5) is 0 Å². The van der Waals surface area contributed by atoms with Crippen LogP contribution in [0.2, 0.25) is 0 Å². The summed E-state index contributed by atoms with van der Waals surface area (Å²) >= 11 is 0. The molecule has 0 bridgehead atoms. The minimum atomic E-state index is -0.449. The molecule has 0 saturated heterocycles. The summed E-state index contributed by atoms with van der Waals surface area (Å²) in [7, 11) is 0. The lowest BCUT2D eigenvalue weighted by Gasteiger charge is -2.34. The van der Waals surface area contributed by atoms with E-state index in [-0.39, 0.29) is 0 Å². The second-order valence-corrected chi connectivity index (χ2v) is 14.5. The van der Waals surface area contributed by atoms with Crippen LogP contribution < -0.4 is 0 Å². The SMILES string of the molecule is c1ccc(-c2nc(-c3ccc(-c4ccc5c(c4)oc4ccccc45)cc3)cc(-c3ccc(C4(c5ccccc5)c5ccccc5-c5ccccc54)cc3)n2)cc1. The molecular weight excluding hydrogens is 681 g/mol. The summed E-state index contributed by atoms with van der Waals surface area (Å²) in [6, 6.07) is 73.3. The Balaban J connectivity index is 1.00. The van der Waals surface area contributed by atoms with Gasteiger partial charge in [0.1, 0.15) is 11.2 Å². The Kier molecular flexibility index (Phi) is 7.39. The van der Waals surface area contributed by atoms with Crippen LogP contribution in [-0.2, 0) is 5.41 Å². The molecule has 262 valence electrons. The Morgan fingerprint density at radius 2 is 0.839 bits per heavy atom. The molecule has 56 heavy (non-hydrogen) atoms. The maximum Gasteiger partial charge on any atom is 0.160 e. The molecule has 0 radical (unpaired) electrons. The molecule has 8 aromatic carbocycles. The highest BCUT2D eigenvalue weighted by Gasteiger charge is 2.45. The number of para-hydroxylation sites is 1. The molecule has 0 atom stereocenters. The van der Waals surface area contributed by atoms with E-state index in [1.54, 1.807) is 0 Å². The first-order valence-corrected chi connectivity index (χ1v) is 19.1. The summed E-state index contributed by atoms with van der Waals surface area (Å²) in [5.41, 5.74) is 16.0. The fourth-order valence-corrected chi connectivity index (χ4v) is 8.80. The van der Waals surface area contributed by atoms with E-state index in [2.05, 4.69) is 176 Å². The van der Waals surface area contributed by atoms with Gasteiger partial charge in [0.25, 0.3) is 0 Å². The summed E-state index contributed by atoms with van der Waals surface area (Å²) < 4.78 is 6.20. The normalized spacial score (nSPS) is 12.8. The smallest absolute Gasteiger partial charge is 0.160 e. The molecule has 2 aromatic heterocycles. The summed E-state index contributed by atoms with van der Waals surface area (Å²) in [6.07, 6.45) is 0. The van der Waals surface area contributed by atoms with Crippen molar-refractivity contribution in [2.24, 2.45) is 0 Å². The average Bonchev–Trinajstić information content (AvgIpc) is 3.80. The maximum atomic E-state index is 6.20. The van der Waals surface area contributed by atoms with E-state index in [0.29, 0.717) is 5.82 Å². The van der Waals surface area contributed by atoms with Crippen molar-refractivity contribution < 1.29 is 4.42 Å². The highest BCUT2D eigenvalue weighted by atomic mass is 16.3. The minimum absolute atomic E-state index is 0.449. The van der Waals surface area contributed by atoms with E-state index >= 15 is 0 Å². The number of hydrogen-bond donors (Lipinski definition) is 0. The van der Waals surface area contributed by atoms with Crippen molar-refractivity contribution >= 4 is 21.9 Å². The van der Waals surface area contributed by atoms with Crippen molar-refractivity contribution in [2.75, 3.05) is 0 Å². The fourth-order valence-electron chi connectivity index (χ4n) is 8.80. The number of benzene rings is 8. The van der Waals surface area contributed by atoms with Crippen LogP contribution in [0.1, 0.15) is 22.3 Å². The Bertz CT molecular complexity index is 3010. The predicted octanol–water partition coefficient (Wildman–Crippen LogP) is 13.4. The molecule has 1 aliphatic rings. The molecule has 11 rings (SSSR count). The van der Waals surface area contributed by atoms with Crippen molar-refractivity contribution in [3.05, 3.63) is 229 Å². The number of furan rings is 1. The van der Waals surface area contributed by atoms with Gasteiger partial charge in [-0.25, -0.2) is 9.97 Å². The average molecular weight is 715 g/mol. The highest BCUT2D eigenvalue weighted by Crippen LogP contribution is 2.56. The van der Waals surface area contributed by atoms with Gasteiger partial charge in [-0.3, -0.25) is 0 Å². The number of fused-ring (bicyclic) bond motifs is 6. The van der Waals surface area contributed by atoms with Crippen LogP contribution >= 0.6 is 0 Å². The second-order valence-electron chi connectivity index (χ2n) is 14.5. The molecule has 0 amide bonds. The van der Waals surface area contributed by atoms with E-state index in [1.165, 1.54) is 33.4 Å². The molecule has 0 spiro atoms. The molecule has 3 heteroatoms. The third kappa shape index (κ3) is 5.05. The summed E-state index contributed by atoms with van der Waals surface area (Å²) in [5, 5.41) is 2.27. The van der Waals surface area contributed by atoms with E-state index in [4.69, 9.17) is 14.4 Å². The van der Waals surface area contributed by atoms with Gasteiger partial charge in [0.05, 0.1) is 16.8 Å². The molecule has 3 nitrogen and oxygen atoms in total. The molecular formula is C53H34N2O. The van der Waals surface area contributed by atoms with Gasteiger partial charge < -0.3 is 4.42 Å². The van der Waals surface area contributed by atoms with E-state index in [9.17, 15) is 0 Å². The largest absolute Gasteiger partial charge is 0.456 e. The lowest BCUT2D eigenvalue weighted by molar-refractivity contribution is 0.669. The highest BCUT2D eigenvalue weighted by molar-refractivity contribution is 6.05. The van der Waals surface area contributed by atoms with Crippen LogP contribution in [0.15, 0.2) is 211 Å². The molecule has 0 saturated carbocycles. The van der Waals surface area contributed by atoms with Crippen molar-refractivity contribution in [2.45, 2.75) is 5.41 Å². The minimum Gasteiger partial charge on any atom is -0.456 e. The molecule has 0 aliphatic heterocycles. The van der Waals surface area contributed by atoms with Crippen LogP contribution in [0.25, 0.3) is 78.1 Å². The van der Waals surface area contributed by atoms with Gasteiger partial charge in [-0.05, 0) is 68.8 Å². The van der Waals surface area contributed by atoms with Gasteiger partial charge >= 0.3 is 0 Å². The quantitative estimate of drug-likeness (QED) is 0.172. The van der Waals surface area contributed by atoms with Gasteiger partial charge in [-0.2, -0.15) is 0 Å². The third-order valence-corrected chi connectivity index (χ3v) is 11.4. The number of aromatic nitrogens is 2. The van der Waals surface area contributed by atoms with Gasteiger partial charge in [0.15, 0.2) is 5.82 Å². The lowest BCUT2D eigenvalue weighted by atomic mass is 9.67. The van der Waals surface area contributed by atoms with Gasteiger partial charge in [0.2, 0.25) is 0 Å². The van der Waals surface area contributed by atoms with Crippen LogP contribution in [-0.4, -0.2) is 9.97 Å². The van der Waals surface area contributed by atoms with Crippen LogP contribution in [0.3, 0.4) is 0 Å². The lowest BCUT2D eigenvalue weighted by Crippen LogP contribution is -2.28. The van der Waals surface area contributed by atoms with E-state index in [1.807, 2.05) is 30.3 Å². The molecule has 0 N–H and O–H groups in total. The molecule has 10 aromatic rings. The maximum absolute atomic E-state index is 6.20. The first-order chi connectivity index (χ1) is 27.7. The zero-order valence-electron chi connectivity index (χ0n) is 30.4. The van der Waals surface area contributed by atoms with Crippen molar-refractivity contribution in [1.82, 2.24) is 9.97 Å². The van der Waals surface area contributed by atoms with Crippen LogP contribution in [0.5, 0.6) is 0 Å². The number of rotatable bonds is 6. The summed E-state index contributed by atoms with van der Waals surface area (Å²) in [5.74, 6) is 0.695. The van der Waals surface area contributed by atoms with Gasteiger partial charge in [0, 0.05) is 27.5 Å². The Morgan fingerprint density at radius 3 is 1.52 bits per heavy atom. The number of hydrogen-bond acceptors (Lipinski definition) is 3. The Morgan fingerprint density at radius 1 is 0.339 bits per heavy atom. The topological polar surface area (TPSA) is 38.9 Å². The molecule has 1 aliphatic carbocycles. The van der Waals surface area contributed by atoms with Crippen molar-refractivity contribution in [1.29, 1.82) is 0 Å². The van der Waals surface area contributed by atoms with Gasteiger partial charge in [-0.1, -0.05) is 182 Å². The van der Waals surface area contributed by atoms with E-state index < -0.39 is 5.41 Å². The third-order valence-electron chi connectivity index (χ3n) is 11.4. The first kappa shape index (κ1) is 32.1. The zero-order chi connectivity index (χ0) is 37.1. The Labute approximate surface area is 325 Å². The summed E-state index contributed by atoms with van der Waals surface area (Å²) in [6.45, 7) is 0.